The van der Waals surface area contributed by atoms with Crippen molar-refractivity contribution < 1.29 is 9.53 Å². The van der Waals surface area contributed by atoms with Gasteiger partial charge in [0.05, 0.1) is 0 Å². The van der Waals surface area contributed by atoms with Gasteiger partial charge in [-0.25, -0.2) is 0 Å². The molecule has 0 bridgehead atoms. The lowest BCUT2D eigenvalue weighted by molar-refractivity contribution is -0.160. The van der Waals surface area contributed by atoms with Crippen molar-refractivity contribution in [2.45, 2.75) is 131 Å². The van der Waals surface area contributed by atoms with Crippen LogP contribution in [0.15, 0.2) is 0 Å². The van der Waals surface area contributed by atoms with Crippen LogP contribution >= 0.6 is 0 Å². The van der Waals surface area contributed by atoms with Crippen molar-refractivity contribution in [3.63, 3.8) is 0 Å². The van der Waals surface area contributed by atoms with Crippen molar-refractivity contribution in [2.75, 3.05) is 0 Å². The highest BCUT2D eigenvalue weighted by atomic mass is 16.5. The summed E-state index contributed by atoms with van der Waals surface area (Å²) in [6, 6.07) is 0. The first-order valence-corrected chi connectivity index (χ1v) is 13.9. The Labute approximate surface area is 192 Å². The van der Waals surface area contributed by atoms with Gasteiger partial charge in [0, 0.05) is 6.92 Å². The van der Waals surface area contributed by atoms with Crippen molar-refractivity contribution in [2.24, 2.45) is 46.3 Å². The third-order valence-corrected chi connectivity index (χ3v) is 11.0. The topological polar surface area (TPSA) is 26.3 Å². The minimum Gasteiger partial charge on any atom is -0.463 e. The van der Waals surface area contributed by atoms with E-state index in [1.54, 1.807) is 6.92 Å². The van der Waals surface area contributed by atoms with Crippen molar-refractivity contribution in [3.05, 3.63) is 0 Å². The maximum atomic E-state index is 11.5. The Morgan fingerprint density at radius 3 is 2.39 bits per heavy atom. The molecule has 0 saturated heterocycles. The van der Waals surface area contributed by atoms with Crippen LogP contribution in [0.2, 0.25) is 0 Å². The molecule has 2 nitrogen and oxygen atoms in total. The molecule has 0 spiro atoms. The van der Waals surface area contributed by atoms with E-state index < -0.39 is 0 Å². The highest BCUT2D eigenvalue weighted by molar-refractivity contribution is 5.66. The van der Waals surface area contributed by atoms with E-state index in [9.17, 15) is 4.79 Å². The van der Waals surface area contributed by atoms with E-state index in [0.717, 1.165) is 48.3 Å². The number of unbranched alkanes of at least 4 members (excludes halogenated alkanes) is 2. The van der Waals surface area contributed by atoms with Crippen LogP contribution in [-0.2, 0) is 9.53 Å². The summed E-state index contributed by atoms with van der Waals surface area (Å²) < 4.78 is 5.65. The molecule has 0 amide bonds. The van der Waals surface area contributed by atoms with Crippen LogP contribution in [0.4, 0.5) is 0 Å². The summed E-state index contributed by atoms with van der Waals surface area (Å²) in [6.45, 7) is 11.6. The fraction of sp³-hybridized carbons (Fsp3) is 0.966. The number of hydrogen-bond donors (Lipinski definition) is 0. The molecule has 0 N–H and O–H groups in total. The summed E-state index contributed by atoms with van der Waals surface area (Å²) in [5, 5.41) is 0. The van der Waals surface area contributed by atoms with Crippen LogP contribution in [0.25, 0.3) is 0 Å². The molecule has 2 heteroatoms. The van der Waals surface area contributed by atoms with Gasteiger partial charge in [-0.3, -0.25) is 4.79 Å². The van der Waals surface area contributed by atoms with Crippen LogP contribution in [0.5, 0.6) is 0 Å². The summed E-state index contributed by atoms with van der Waals surface area (Å²) in [5.74, 6) is 5.41. The molecular weight excluding hydrogens is 380 g/mol. The molecule has 4 aliphatic rings. The van der Waals surface area contributed by atoms with E-state index in [1.165, 1.54) is 77.0 Å². The quantitative estimate of drug-likeness (QED) is 0.300. The summed E-state index contributed by atoms with van der Waals surface area (Å²) in [5.41, 5.74) is 1.12. The number of esters is 1. The van der Waals surface area contributed by atoms with E-state index in [0.29, 0.717) is 10.8 Å². The molecule has 4 fully saturated rings. The fourth-order valence-electron chi connectivity index (χ4n) is 9.26. The molecule has 4 saturated carbocycles. The van der Waals surface area contributed by atoms with Crippen LogP contribution in [0.1, 0.15) is 125 Å². The van der Waals surface area contributed by atoms with Gasteiger partial charge in [0.15, 0.2) is 0 Å². The molecule has 4 aliphatic carbocycles. The lowest BCUT2D eigenvalue weighted by Crippen LogP contribution is -2.54. The van der Waals surface area contributed by atoms with Gasteiger partial charge in [0.1, 0.15) is 6.10 Å². The number of hydrogen-bond acceptors (Lipinski definition) is 2. The van der Waals surface area contributed by atoms with Crippen molar-refractivity contribution in [3.8, 4) is 0 Å². The molecule has 178 valence electrons. The largest absolute Gasteiger partial charge is 0.463 e. The first kappa shape index (κ1) is 23.6. The standard InChI is InChI=1S/C29H50O2/c1-20(2)9-7-6-8-10-22-12-14-26-25-13-11-23-19-24(31-21(3)30)15-17-29(23,5)27(25)16-18-28(22,26)4/h20,22-27H,6-19H2,1-5H3/t22-,23?,24-,25-,26-,27?,28+,29-/m0/s1. The zero-order valence-corrected chi connectivity index (χ0v) is 21.3. The lowest BCUT2D eigenvalue weighted by Gasteiger charge is -2.61. The van der Waals surface area contributed by atoms with Gasteiger partial charge in [-0.05, 0) is 111 Å². The Bertz CT molecular complexity index is 626. The lowest BCUT2D eigenvalue weighted by atomic mass is 9.44. The first-order chi connectivity index (χ1) is 14.7. The second kappa shape index (κ2) is 9.38. The average molecular weight is 431 g/mol. The normalized spacial score (nSPS) is 44.5. The monoisotopic (exact) mass is 430 g/mol. The number of fused-ring (bicyclic) bond motifs is 5. The number of carbonyl (C=O) groups excluding carboxylic acids is 1. The van der Waals surface area contributed by atoms with Gasteiger partial charge in [-0.15, -0.1) is 0 Å². The minimum atomic E-state index is -0.0862. The highest BCUT2D eigenvalue weighted by Crippen LogP contribution is 2.68. The molecule has 2 unspecified atom stereocenters. The van der Waals surface area contributed by atoms with E-state index >= 15 is 0 Å². The maximum Gasteiger partial charge on any atom is 0.302 e. The average Bonchev–Trinajstić information content (AvgIpc) is 3.04. The number of rotatable bonds is 7. The minimum absolute atomic E-state index is 0.0862. The molecule has 0 aliphatic heterocycles. The summed E-state index contributed by atoms with van der Waals surface area (Å²) in [7, 11) is 0. The molecule has 0 aromatic carbocycles. The van der Waals surface area contributed by atoms with E-state index in [-0.39, 0.29) is 12.1 Å². The molecule has 31 heavy (non-hydrogen) atoms. The first-order valence-electron chi connectivity index (χ1n) is 13.9. The summed E-state index contributed by atoms with van der Waals surface area (Å²) in [4.78, 5) is 11.5. The van der Waals surface area contributed by atoms with Crippen LogP contribution in [0, 0.1) is 46.3 Å². The van der Waals surface area contributed by atoms with Crippen molar-refractivity contribution in [1.82, 2.24) is 0 Å². The molecule has 8 atom stereocenters. The molecule has 0 heterocycles. The zero-order valence-electron chi connectivity index (χ0n) is 21.3. The molecule has 4 rings (SSSR count). The third-order valence-electron chi connectivity index (χ3n) is 11.0. The van der Waals surface area contributed by atoms with Gasteiger partial charge >= 0.3 is 5.97 Å². The summed E-state index contributed by atoms with van der Waals surface area (Å²) >= 11 is 0. The highest BCUT2D eigenvalue weighted by Gasteiger charge is 2.60. The predicted molar refractivity (Wildman–Crippen MR) is 129 cm³/mol. The molecule has 0 aromatic rings. The number of ether oxygens (including phenoxy) is 1. The Balaban J connectivity index is 1.37. The van der Waals surface area contributed by atoms with Crippen LogP contribution < -0.4 is 0 Å². The second-order valence-electron chi connectivity index (χ2n) is 13.0. The van der Waals surface area contributed by atoms with E-state index in [4.69, 9.17) is 4.74 Å². The van der Waals surface area contributed by atoms with E-state index in [1.807, 2.05) is 0 Å². The smallest absolute Gasteiger partial charge is 0.302 e. The maximum absolute atomic E-state index is 11.5. The van der Waals surface area contributed by atoms with Gasteiger partial charge in [0.25, 0.3) is 0 Å². The fourth-order valence-corrected chi connectivity index (χ4v) is 9.26. The van der Waals surface area contributed by atoms with Gasteiger partial charge < -0.3 is 4.74 Å². The Morgan fingerprint density at radius 2 is 1.65 bits per heavy atom. The van der Waals surface area contributed by atoms with Crippen LogP contribution in [0.3, 0.4) is 0 Å². The molecule has 0 radical (unpaired) electrons. The van der Waals surface area contributed by atoms with E-state index in [2.05, 4.69) is 27.7 Å². The summed E-state index contributed by atoms with van der Waals surface area (Å²) in [6.07, 6.45) is 19.7. The van der Waals surface area contributed by atoms with Crippen LogP contribution in [-0.4, -0.2) is 12.1 Å². The molecule has 0 aromatic heterocycles. The van der Waals surface area contributed by atoms with Gasteiger partial charge in [0.2, 0.25) is 0 Å². The SMILES string of the molecule is CC(=O)O[C@H]1CC[C@@]2(C)C(CC[C@@H]3C2CC[C@]2(C)[C@@H](CCCCCC(C)C)CC[C@@H]32)C1. The zero-order chi connectivity index (χ0) is 22.2. The van der Waals surface area contributed by atoms with Crippen molar-refractivity contribution >= 4 is 5.97 Å². The Morgan fingerprint density at radius 1 is 0.903 bits per heavy atom. The predicted octanol–water partition coefficient (Wildman–Crippen LogP) is 8.18. The molecular formula is C29H50O2. The van der Waals surface area contributed by atoms with Crippen molar-refractivity contribution in [1.29, 1.82) is 0 Å². The number of carbonyl (C=O) groups is 1. The van der Waals surface area contributed by atoms with Gasteiger partial charge in [-0.1, -0.05) is 53.4 Å². The Hall–Kier alpha value is -0.530. The third kappa shape index (κ3) is 4.61. The Kier molecular flexibility index (Phi) is 7.15. The second-order valence-corrected chi connectivity index (χ2v) is 13.0. The van der Waals surface area contributed by atoms with Gasteiger partial charge in [-0.2, -0.15) is 0 Å².